The van der Waals surface area contributed by atoms with E-state index in [-0.39, 0.29) is 6.61 Å². The van der Waals surface area contributed by atoms with Gasteiger partial charge in [-0.3, -0.25) is 0 Å². The van der Waals surface area contributed by atoms with Gasteiger partial charge in [-0.2, -0.15) is 0 Å². The summed E-state index contributed by atoms with van der Waals surface area (Å²) in [5.74, 6) is 0.499. The lowest BCUT2D eigenvalue weighted by atomic mass is 10.3. The minimum absolute atomic E-state index is 0.0756. The predicted molar refractivity (Wildman–Crippen MR) is 37.3 cm³/mol. The topological polar surface area (TPSA) is 46.0 Å². The van der Waals surface area contributed by atoms with E-state index in [2.05, 4.69) is 9.97 Å². The molecule has 0 aromatic carbocycles. The summed E-state index contributed by atoms with van der Waals surface area (Å²) in [5, 5.41) is 8.63. The average Bonchev–Trinajstić information content (AvgIpc) is 2.05. The maximum absolute atomic E-state index is 8.63. The second kappa shape index (κ2) is 3.27. The number of aromatic nitrogens is 2. The minimum Gasteiger partial charge on any atom is -0.388 e. The number of aliphatic hydroxyl groups is 1. The van der Waals surface area contributed by atoms with E-state index in [4.69, 9.17) is 5.11 Å². The molecule has 1 aromatic heterocycles. The Hall–Kier alpha value is -0.960. The first-order valence-electron chi connectivity index (χ1n) is 3.28. The fraction of sp³-hybridized carbons (Fsp3) is 0.429. The van der Waals surface area contributed by atoms with Crippen LogP contribution < -0.4 is 0 Å². The maximum Gasteiger partial charge on any atom is 0.153 e. The van der Waals surface area contributed by atoms with Crippen molar-refractivity contribution in [1.82, 2.24) is 9.97 Å². The predicted octanol–water partition coefficient (Wildman–Crippen LogP) is 0.531. The van der Waals surface area contributed by atoms with E-state index < -0.39 is 0 Å². The maximum atomic E-state index is 8.63. The second-order valence-corrected chi connectivity index (χ2v) is 1.98. The third-order valence-electron chi connectivity index (χ3n) is 1.27. The highest BCUT2D eigenvalue weighted by Gasteiger charge is 1.93. The Morgan fingerprint density at radius 3 is 3.00 bits per heavy atom. The first-order chi connectivity index (χ1) is 4.86. The highest BCUT2D eigenvalue weighted by Crippen LogP contribution is 1.95. The van der Waals surface area contributed by atoms with Gasteiger partial charge in [0.15, 0.2) is 5.82 Å². The molecule has 3 heteroatoms. The number of hydrogen-bond acceptors (Lipinski definition) is 3. The average molecular weight is 138 g/mol. The quantitative estimate of drug-likeness (QED) is 0.648. The van der Waals surface area contributed by atoms with Gasteiger partial charge in [0.1, 0.15) is 6.61 Å². The molecule has 0 aliphatic heterocycles. The summed E-state index contributed by atoms with van der Waals surface area (Å²) >= 11 is 0. The molecule has 0 spiro atoms. The zero-order chi connectivity index (χ0) is 7.40. The molecule has 10 heavy (non-hydrogen) atoms. The van der Waals surface area contributed by atoms with Crippen molar-refractivity contribution >= 4 is 0 Å². The summed E-state index contributed by atoms with van der Waals surface area (Å²) in [6, 6.07) is 1.85. The smallest absolute Gasteiger partial charge is 0.153 e. The second-order valence-electron chi connectivity index (χ2n) is 1.98. The van der Waals surface area contributed by atoms with Crippen LogP contribution in [-0.4, -0.2) is 15.1 Å². The zero-order valence-electron chi connectivity index (χ0n) is 5.91. The molecule has 0 saturated heterocycles. The number of aliphatic hydroxyl groups excluding tert-OH is 1. The molecule has 0 fully saturated rings. The summed E-state index contributed by atoms with van der Waals surface area (Å²) in [4.78, 5) is 7.89. The fourth-order valence-electron chi connectivity index (χ4n) is 0.714. The van der Waals surface area contributed by atoms with Gasteiger partial charge in [-0.1, -0.05) is 6.92 Å². The molecule has 0 radical (unpaired) electrons. The largest absolute Gasteiger partial charge is 0.388 e. The standard InChI is InChI=1S/C7H10N2O/c1-2-6-3-4-8-7(5-10)9-6/h3-4,10H,2,5H2,1H3. The van der Waals surface area contributed by atoms with Crippen molar-refractivity contribution in [3.63, 3.8) is 0 Å². The molecule has 0 saturated carbocycles. The summed E-state index contributed by atoms with van der Waals surface area (Å²) in [6.45, 7) is 1.94. The van der Waals surface area contributed by atoms with Gasteiger partial charge in [-0.15, -0.1) is 0 Å². The van der Waals surface area contributed by atoms with Crippen molar-refractivity contribution in [3.05, 3.63) is 23.8 Å². The van der Waals surface area contributed by atoms with Crippen LogP contribution in [0.2, 0.25) is 0 Å². The van der Waals surface area contributed by atoms with Gasteiger partial charge in [-0.05, 0) is 12.5 Å². The van der Waals surface area contributed by atoms with E-state index in [0.717, 1.165) is 12.1 Å². The molecule has 0 amide bonds. The summed E-state index contributed by atoms with van der Waals surface area (Å²) in [7, 11) is 0. The van der Waals surface area contributed by atoms with E-state index >= 15 is 0 Å². The Balaban J connectivity index is 2.87. The zero-order valence-corrected chi connectivity index (χ0v) is 5.91. The van der Waals surface area contributed by atoms with Crippen LogP contribution in [-0.2, 0) is 13.0 Å². The Bertz CT molecular complexity index is 193. The van der Waals surface area contributed by atoms with Crippen LogP contribution in [0.3, 0.4) is 0 Å². The molecular weight excluding hydrogens is 128 g/mol. The molecule has 0 unspecified atom stereocenters. The van der Waals surface area contributed by atoms with Crippen LogP contribution in [0.15, 0.2) is 12.3 Å². The summed E-state index contributed by atoms with van der Waals surface area (Å²) < 4.78 is 0. The van der Waals surface area contributed by atoms with Crippen molar-refractivity contribution in [2.24, 2.45) is 0 Å². The Morgan fingerprint density at radius 2 is 2.40 bits per heavy atom. The van der Waals surface area contributed by atoms with Crippen LogP contribution in [0.4, 0.5) is 0 Å². The van der Waals surface area contributed by atoms with Crippen molar-refractivity contribution in [2.45, 2.75) is 20.0 Å². The van der Waals surface area contributed by atoms with E-state index in [1.807, 2.05) is 13.0 Å². The number of rotatable bonds is 2. The lowest BCUT2D eigenvalue weighted by Gasteiger charge is -1.96. The summed E-state index contributed by atoms with van der Waals surface area (Å²) in [6.07, 6.45) is 2.55. The first kappa shape index (κ1) is 7.15. The van der Waals surface area contributed by atoms with Crippen LogP contribution >= 0.6 is 0 Å². The molecule has 1 N–H and O–H groups in total. The van der Waals surface area contributed by atoms with Gasteiger partial charge in [0.05, 0.1) is 0 Å². The van der Waals surface area contributed by atoms with Gasteiger partial charge in [0.2, 0.25) is 0 Å². The lowest BCUT2D eigenvalue weighted by Crippen LogP contribution is -1.96. The molecule has 1 rings (SSSR count). The van der Waals surface area contributed by atoms with Crippen molar-refractivity contribution < 1.29 is 5.11 Å². The first-order valence-corrected chi connectivity index (χ1v) is 3.28. The SMILES string of the molecule is CCc1ccnc(CO)n1. The molecule has 54 valence electrons. The molecule has 0 aliphatic carbocycles. The third-order valence-corrected chi connectivity index (χ3v) is 1.27. The van der Waals surface area contributed by atoms with Gasteiger partial charge >= 0.3 is 0 Å². The highest BCUT2D eigenvalue weighted by molar-refractivity contribution is 5.01. The molecule has 1 heterocycles. The van der Waals surface area contributed by atoms with Crippen LogP contribution in [0.25, 0.3) is 0 Å². The minimum atomic E-state index is -0.0756. The third kappa shape index (κ3) is 1.51. The Labute approximate surface area is 59.8 Å². The molecule has 0 bridgehead atoms. The van der Waals surface area contributed by atoms with E-state index in [1.165, 1.54) is 0 Å². The lowest BCUT2D eigenvalue weighted by molar-refractivity contribution is 0.271. The van der Waals surface area contributed by atoms with Crippen LogP contribution in [0.1, 0.15) is 18.4 Å². The molecule has 3 nitrogen and oxygen atoms in total. The number of aryl methyl sites for hydroxylation is 1. The van der Waals surface area contributed by atoms with Gasteiger partial charge in [0, 0.05) is 11.9 Å². The van der Waals surface area contributed by atoms with Crippen LogP contribution in [0, 0.1) is 0 Å². The Morgan fingerprint density at radius 1 is 1.60 bits per heavy atom. The molecule has 0 atom stereocenters. The van der Waals surface area contributed by atoms with Crippen molar-refractivity contribution in [3.8, 4) is 0 Å². The van der Waals surface area contributed by atoms with E-state index in [0.29, 0.717) is 5.82 Å². The monoisotopic (exact) mass is 138 g/mol. The van der Waals surface area contributed by atoms with Gasteiger partial charge < -0.3 is 5.11 Å². The summed E-state index contributed by atoms with van der Waals surface area (Å²) in [5.41, 5.74) is 0.971. The van der Waals surface area contributed by atoms with E-state index in [1.54, 1.807) is 6.20 Å². The van der Waals surface area contributed by atoms with Gasteiger partial charge in [0.25, 0.3) is 0 Å². The molecular formula is C7H10N2O. The highest BCUT2D eigenvalue weighted by atomic mass is 16.3. The van der Waals surface area contributed by atoms with E-state index in [9.17, 15) is 0 Å². The Kier molecular flexibility index (Phi) is 2.34. The van der Waals surface area contributed by atoms with Crippen LogP contribution in [0.5, 0.6) is 0 Å². The van der Waals surface area contributed by atoms with Gasteiger partial charge in [-0.25, -0.2) is 9.97 Å². The van der Waals surface area contributed by atoms with Crippen molar-refractivity contribution in [1.29, 1.82) is 0 Å². The molecule has 1 aromatic rings. The fourth-order valence-corrected chi connectivity index (χ4v) is 0.714. The normalized spacial score (nSPS) is 9.80. The van der Waals surface area contributed by atoms with Crippen molar-refractivity contribution in [2.75, 3.05) is 0 Å². The number of nitrogens with zero attached hydrogens (tertiary/aromatic N) is 2. The molecule has 0 aliphatic rings. The number of hydrogen-bond donors (Lipinski definition) is 1.